The van der Waals surface area contributed by atoms with Crippen LogP contribution in [0.1, 0.15) is 10.4 Å². The van der Waals surface area contributed by atoms with Crippen molar-refractivity contribution in [3.05, 3.63) is 74.9 Å². The van der Waals surface area contributed by atoms with Gasteiger partial charge in [-0.1, -0.05) is 18.2 Å². The standard InChI is InChI=1S/C9H6N2O3.C7H5BrO2/c12-9-7(11(13)14)4-3-6-2-1-5-10-8(6)9;8-6-4-2-1-3-5(6)7(9)10/h1-5,12H;1-4H,(H,9,10). The maximum absolute atomic E-state index is 10.5. The Morgan fingerprint density at radius 1 is 1.12 bits per heavy atom. The topological polar surface area (TPSA) is 114 Å². The van der Waals surface area contributed by atoms with Crippen LogP contribution in [0.2, 0.25) is 0 Å². The molecule has 1 aromatic heterocycles. The second-order valence-electron chi connectivity index (χ2n) is 4.55. The smallest absolute Gasteiger partial charge is 0.336 e. The first-order chi connectivity index (χ1) is 11.4. The molecular weight excluding hydrogens is 380 g/mol. The number of benzene rings is 2. The Kier molecular flexibility index (Phi) is 5.43. The molecule has 8 heteroatoms. The van der Waals surface area contributed by atoms with Gasteiger partial charge in [-0.15, -0.1) is 0 Å². The molecule has 0 unspecified atom stereocenters. The van der Waals surface area contributed by atoms with Crippen LogP contribution in [0.3, 0.4) is 0 Å². The first-order valence-electron chi connectivity index (χ1n) is 6.60. The van der Waals surface area contributed by atoms with E-state index < -0.39 is 10.9 Å². The Morgan fingerprint density at radius 2 is 1.83 bits per heavy atom. The summed E-state index contributed by atoms with van der Waals surface area (Å²) >= 11 is 3.12. The Hall–Kier alpha value is -3.00. The van der Waals surface area contributed by atoms with Gasteiger partial charge in [0.2, 0.25) is 5.75 Å². The van der Waals surface area contributed by atoms with Crippen molar-refractivity contribution in [2.75, 3.05) is 0 Å². The van der Waals surface area contributed by atoms with Gasteiger partial charge in [-0.3, -0.25) is 15.1 Å². The van der Waals surface area contributed by atoms with E-state index in [0.29, 0.717) is 15.4 Å². The molecule has 0 saturated carbocycles. The third-order valence-electron chi connectivity index (χ3n) is 3.03. The SMILES string of the molecule is O=C(O)c1ccccc1Br.O=[N+]([O-])c1ccc2cccnc2c1O. The Morgan fingerprint density at radius 3 is 2.42 bits per heavy atom. The Balaban J connectivity index is 0.000000185. The van der Waals surface area contributed by atoms with Gasteiger partial charge in [-0.05, 0) is 40.2 Å². The number of halogens is 1. The number of carboxylic acids is 1. The fourth-order valence-electron chi connectivity index (χ4n) is 1.90. The summed E-state index contributed by atoms with van der Waals surface area (Å²) in [5.41, 5.74) is 0.223. The molecule has 0 radical (unpaired) electrons. The molecule has 0 bridgehead atoms. The number of aromatic carboxylic acids is 1. The number of aromatic hydroxyl groups is 1. The number of carboxylic acid groups (broad SMARTS) is 1. The number of fused-ring (bicyclic) bond motifs is 1. The van der Waals surface area contributed by atoms with Gasteiger partial charge in [0.25, 0.3) is 0 Å². The average Bonchev–Trinajstić information content (AvgIpc) is 2.56. The second-order valence-corrected chi connectivity index (χ2v) is 5.40. The zero-order chi connectivity index (χ0) is 17.7. The fourth-order valence-corrected chi connectivity index (χ4v) is 2.36. The van der Waals surface area contributed by atoms with Crippen LogP contribution in [0.25, 0.3) is 10.9 Å². The summed E-state index contributed by atoms with van der Waals surface area (Å²) < 4.78 is 0.613. The summed E-state index contributed by atoms with van der Waals surface area (Å²) in [6, 6.07) is 13.0. The van der Waals surface area contributed by atoms with Crippen molar-refractivity contribution in [2.45, 2.75) is 0 Å². The van der Waals surface area contributed by atoms with Crippen molar-refractivity contribution in [1.82, 2.24) is 4.98 Å². The zero-order valence-electron chi connectivity index (χ0n) is 12.1. The molecule has 0 aliphatic heterocycles. The average molecular weight is 391 g/mol. The molecular formula is C16H11BrN2O5. The number of pyridine rings is 1. The molecule has 2 N–H and O–H groups in total. The molecule has 3 aromatic rings. The van der Waals surface area contributed by atoms with Gasteiger partial charge in [0.1, 0.15) is 5.52 Å². The van der Waals surface area contributed by atoms with Gasteiger partial charge in [0.05, 0.1) is 10.5 Å². The van der Waals surface area contributed by atoms with Crippen LogP contribution in [-0.4, -0.2) is 26.1 Å². The number of aromatic nitrogens is 1. The summed E-state index contributed by atoms with van der Waals surface area (Å²) in [5, 5.41) is 29.2. The molecule has 2 aromatic carbocycles. The van der Waals surface area contributed by atoms with Crippen molar-refractivity contribution >= 4 is 38.5 Å². The molecule has 1 heterocycles. The van der Waals surface area contributed by atoms with Crippen LogP contribution in [0.15, 0.2) is 59.2 Å². The van der Waals surface area contributed by atoms with Crippen LogP contribution >= 0.6 is 15.9 Å². The summed E-state index contributed by atoms with van der Waals surface area (Å²) in [6.45, 7) is 0. The molecule has 7 nitrogen and oxygen atoms in total. The largest absolute Gasteiger partial charge is 0.501 e. The number of phenols is 1. The molecule has 3 rings (SSSR count). The lowest BCUT2D eigenvalue weighted by Gasteiger charge is -1.99. The quantitative estimate of drug-likeness (QED) is 0.504. The number of rotatable bonds is 2. The number of nitrogens with zero attached hydrogens (tertiary/aromatic N) is 2. The van der Waals surface area contributed by atoms with E-state index in [1.54, 1.807) is 42.5 Å². The van der Waals surface area contributed by atoms with Gasteiger partial charge < -0.3 is 10.2 Å². The van der Waals surface area contributed by atoms with E-state index in [1.807, 2.05) is 0 Å². The number of phenolic OH excluding ortho intramolecular Hbond substituents is 1. The fraction of sp³-hybridized carbons (Fsp3) is 0. The summed E-state index contributed by atoms with van der Waals surface area (Å²) in [6.07, 6.45) is 1.48. The maximum atomic E-state index is 10.5. The minimum absolute atomic E-state index is 0.252. The molecule has 0 aliphatic rings. The van der Waals surface area contributed by atoms with Crippen molar-refractivity contribution in [1.29, 1.82) is 0 Å². The number of hydrogen-bond donors (Lipinski definition) is 2. The van der Waals surface area contributed by atoms with E-state index >= 15 is 0 Å². The highest BCUT2D eigenvalue weighted by Crippen LogP contribution is 2.32. The molecule has 0 amide bonds. The Labute approximate surface area is 144 Å². The van der Waals surface area contributed by atoms with Crippen LogP contribution in [0.5, 0.6) is 5.75 Å². The first kappa shape index (κ1) is 17.4. The molecule has 122 valence electrons. The van der Waals surface area contributed by atoms with Crippen molar-refractivity contribution < 1.29 is 19.9 Å². The van der Waals surface area contributed by atoms with E-state index in [1.165, 1.54) is 12.3 Å². The predicted molar refractivity (Wildman–Crippen MR) is 91.2 cm³/mol. The van der Waals surface area contributed by atoms with E-state index in [2.05, 4.69) is 20.9 Å². The monoisotopic (exact) mass is 390 g/mol. The minimum Gasteiger partial charge on any atom is -0.501 e. The highest BCUT2D eigenvalue weighted by Gasteiger charge is 2.15. The van der Waals surface area contributed by atoms with Gasteiger partial charge >= 0.3 is 11.7 Å². The minimum atomic E-state index is -0.910. The van der Waals surface area contributed by atoms with Crippen LogP contribution in [-0.2, 0) is 0 Å². The zero-order valence-corrected chi connectivity index (χ0v) is 13.7. The molecule has 24 heavy (non-hydrogen) atoms. The van der Waals surface area contributed by atoms with E-state index in [0.717, 1.165) is 0 Å². The highest BCUT2D eigenvalue weighted by molar-refractivity contribution is 9.10. The summed E-state index contributed by atoms with van der Waals surface area (Å²) in [7, 11) is 0. The molecule has 0 fully saturated rings. The highest BCUT2D eigenvalue weighted by atomic mass is 79.9. The third-order valence-corrected chi connectivity index (χ3v) is 3.72. The van der Waals surface area contributed by atoms with Crippen LogP contribution < -0.4 is 0 Å². The van der Waals surface area contributed by atoms with Crippen molar-refractivity contribution in [3.63, 3.8) is 0 Å². The number of carbonyl (C=O) groups is 1. The summed E-state index contributed by atoms with van der Waals surface area (Å²) in [5.74, 6) is -1.29. The lowest BCUT2D eigenvalue weighted by molar-refractivity contribution is -0.385. The summed E-state index contributed by atoms with van der Waals surface area (Å²) in [4.78, 5) is 24.1. The van der Waals surface area contributed by atoms with Crippen LogP contribution in [0, 0.1) is 10.1 Å². The molecule has 0 atom stereocenters. The third kappa shape index (κ3) is 3.85. The van der Waals surface area contributed by atoms with E-state index in [9.17, 15) is 20.0 Å². The van der Waals surface area contributed by atoms with Gasteiger partial charge in [0.15, 0.2) is 0 Å². The van der Waals surface area contributed by atoms with E-state index in [-0.39, 0.29) is 17.0 Å². The number of nitro benzene ring substituents is 1. The first-order valence-corrected chi connectivity index (χ1v) is 7.40. The number of nitro groups is 1. The predicted octanol–water partition coefficient (Wildman–Crippen LogP) is 4.00. The van der Waals surface area contributed by atoms with Gasteiger partial charge in [0, 0.05) is 22.1 Å². The molecule has 0 spiro atoms. The maximum Gasteiger partial charge on any atom is 0.336 e. The second kappa shape index (κ2) is 7.51. The van der Waals surface area contributed by atoms with Crippen molar-refractivity contribution in [3.8, 4) is 5.75 Å². The lowest BCUT2D eigenvalue weighted by Crippen LogP contribution is -1.95. The normalized spacial score (nSPS) is 9.88. The van der Waals surface area contributed by atoms with Crippen LogP contribution in [0.4, 0.5) is 5.69 Å². The van der Waals surface area contributed by atoms with Gasteiger partial charge in [-0.2, -0.15) is 0 Å². The van der Waals surface area contributed by atoms with E-state index in [4.69, 9.17) is 5.11 Å². The lowest BCUT2D eigenvalue weighted by atomic mass is 10.2. The number of hydrogen-bond acceptors (Lipinski definition) is 5. The van der Waals surface area contributed by atoms with Gasteiger partial charge in [-0.25, -0.2) is 4.79 Å². The van der Waals surface area contributed by atoms with Crippen molar-refractivity contribution in [2.24, 2.45) is 0 Å². The Bertz CT molecular complexity index is 914. The molecule has 0 aliphatic carbocycles. The molecule has 0 saturated heterocycles.